The predicted octanol–water partition coefficient (Wildman–Crippen LogP) is 3.43. The summed E-state index contributed by atoms with van der Waals surface area (Å²) in [5.41, 5.74) is 2.92. The van der Waals surface area contributed by atoms with Crippen LogP contribution in [0, 0.1) is 6.92 Å². The number of hydrogen-bond acceptors (Lipinski definition) is 2. The SMILES string of the molecule is Cc1ccc(C(O)Cc2cccc(Br)c2)cn1. The van der Waals surface area contributed by atoms with Crippen molar-refractivity contribution in [2.75, 3.05) is 0 Å². The van der Waals surface area contributed by atoms with Gasteiger partial charge in [0.1, 0.15) is 0 Å². The smallest absolute Gasteiger partial charge is 0.0845 e. The van der Waals surface area contributed by atoms with Crippen molar-refractivity contribution in [1.29, 1.82) is 0 Å². The summed E-state index contributed by atoms with van der Waals surface area (Å²) < 4.78 is 1.03. The van der Waals surface area contributed by atoms with Crippen LogP contribution in [0.25, 0.3) is 0 Å². The van der Waals surface area contributed by atoms with E-state index in [0.29, 0.717) is 6.42 Å². The molecule has 1 heterocycles. The molecule has 0 radical (unpaired) electrons. The Labute approximate surface area is 109 Å². The molecule has 2 rings (SSSR count). The number of benzene rings is 1. The van der Waals surface area contributed by atoms with Gasteiger partial charge in [-0.15, -0.1) is 0 Å². The number of aryl methyl sites for hydroxylation is 1. The molecule has 0 aliphatic heterocycles. The lowest BCUT2D eigenvalue weighted by Gasteiger charge is -2.11. The van der Waals surface area contributed by atoms with Crippen LogP contribution < -0.4 is 0 Å². The second-order valence-corrected chi connectivity index (χ2v) is 5.00. The normalized spacial score (nSPS) is 12.4. The Kier molecular flexibility index (Phi) is 3.92. The van der Waals surface area contributed by atoms with Crippen LogP contribution in [0.1, 0.15) is 22.9 Å². The molecular formula is C14H14BrNO. The summed E-state index contributed by atoms with van der Waals surface area (Å²) >= 11 is 3.42. The summed E-state index contributed by atoms with van der Waals surface area (Å²) in [6.45, 7) is 1.93. The highest BCUT2D eigenvalue weighted by Crippen LogP contribution is 2.20. The average Bonchev–Trinajstić information content (AvgIpc) is 2.29. The first-order chi connectivity index (χ1) is 8.15. The number of aliphatic hydroxyl groups is 1. The fourth-order valence-electron chi connectivity index (χ4n) is 1.68. The fraction of sp³-hybridized carbons (Fsp3) is 0.214. The molecule has 1 aromatic carbocycles. The highest BCUT2D eigenvalue weighted by atomic mass is 79.9. The Hall–Kier alpha value is -1.19. The third-order valence-electron chi connectivity index (χ3n) is 2.64. The lowest BCUT2D eigenvalue weighted by Crippen LogP contribution is -2.02. The van der Waals surface area contributed by atoms with Gasteiger partial charge in [0.05, 0.1) is 6.10 Å². The molecule has 0 fully saturated rings. The summed E-state index contributed by atoms with van der Waals surface area (Å²) in [6.07, 6.45) is 1.83. The van der Waals surface area contributed by atoms with Gasteiger partial charge in [-0.1, -0.05) is 34.1 Å². The largest absolute Gasteiger partial charge is 0.388 e. The summed E-state index contributed by atoms with van der Waals surface area (Å²) in [7, 11) is 0. The minimum absolute atomic E-state index is 0.502. The van der Waals surface area contributed by atoms with Crippen molar-refractivity contribution in [2.45, 2.75) is 19.4 Å². The van der Waals surface area contributed by atoms with E-state index in [1.54, 1.807) is 6.20 Å². The zero-order chi connectivity index (χ0) is 12.3. The van der Waals surface area contributed by atoms with Gasteiger partial charge in [0.2, 0.25) is 0 Å². The first-order valence-corrected chi connectivity index (χ1v) is 6.29. The standard InChI is InChI=1S/C14H14BrNO/c1-10-5-6-12(9-16-10)14(17)8-11-3-2-4-13(15)7-11/h2-7,9,14,17H,8H2,1H3. The molecule has 1 aromatic heterocycles. The third-order valence-corrected chi connectivity index (χ3v) is 3.13. The van der Waals surface area contributed by atoms with Crippen molar-refractivity contribution < 1.29 is 5.11 Å². The Morgan fingerprint density at radius 2 is 2.12 bits per heavy atom. The van der Waals surface area contributed by atoms with E-state index in [4.69, 9.17) is 0 Å². The van der Waals surface area contributed by atoms with E-state index in [0.717, 1.165) is 21.3 Å². The monoisotopic (exact) mass is 291 g/mol. The van der Waals surface area contributed by atoms with Crippen LogP contribution in [0.4, 0.5) is 0 Å². The first-order valence-electron chi connectivity index (χ1n) is 5.50. The second-order valence-electron chi connectivity index (χ2n) is 4.08. The molecule has 3 heteroatoms. The molecule has 0 saturated heterocycles. The molecular weight excluding hydrogens is 278 g/mol. The molecule has 2 aromatic rings. The summed E-state index contributed by atoms with van der Waals surface area (Å²) in [6, 6.07) is 11.8. The molecule has 88 valence electrons. The van der Waals surface area contributed by atoms with E-state index >= 15 is 0 Å². The number of nitrogens with zero attached hydrogens (tertiary/aromatic N) is 1. The minimum Gasteiger partial charge on any atom is -0.388 e. The second kappa shape index (κ2) is 5.43. The molecule has 0 aliphatic carbocycles. The minimum atomic E-state index is -0.502. The van der Waals surface area contributed by atoms with E-state index in [9.17, 15) is 5.11 Å². The van der Waals surface area contributed by atoms with E-state index in [1.165, 1.54) is 0 Å². The van der Waals surface area contributed by atoms with Crippen molar-refractivity contribution in [3.05, 3.63) is 63.9 Å². The number of aliphatic hydroxyl groups excluding tert-OH is 1. The number of aromatic nitrogens is 1. The van der Waals surface area contributed by atoms with Crippen molar-refractivity contribution in [3.63, 3.8) is 0 Å². The number of pyridine rings is 1. The maximum Gasteiger partial charge on any atom is 0.0845 e. The van der Waals surface area contributed by atoms with E-state index < -0.39 is 6.10 Å². The van der Waals surface area contributed by atoms with Crippen molar-refractivity contribution >= 4 is 15.9 Å². The van der Waals surface area contributed by atoms with Crippen molar-refractivity contribution in [2.24, 2.45) is 0 Å². The lowest BCUT2D eigenvalue weighted by atomic mass is 10.0. The highest BCUT2D eigenvalue weighted by molar-refractivity contribution is 9.10. The van der Waals surface area contributed by atoms with Gasteiger partial charge >= 0.3 is 0 Å². The Morgan fingerprint density at radius 1 is 1.29 bits per heavy atom. The molecule has 1 atom stereocenters. The average molecular weight is 292 g/mol. The quantitative estimate of drug-likeness (QED) is 0.940. The van der Waals surface area contributed by atoms with Crippen LogP contribution >= 0.6 is 15.9 Å². The van der Waals surface area contributed by atoms with Gasteiger partial charge in [0, 0.05) is 22.8 Å². The number of hydrogen-bond donors (Lipinski definition) is 1. The molecule has 2 nitrogen and oxygen atoms in total. The predicted molar refractivity (Wildman–Crippen MR) is 71.8 cm³/mol. The fourth-order valence-corrected chi connectivity index (χ4v) is 2.13. The molecule has 1 N–H and O–H groups in total. The number of halogens is 1. The summed E-state index contributed by atoms with van der Waals surface area (Å²) in [5.74, 6) is 0. The molecule has 0 saturated carbocycles. The molecule has 0 amide bonds. The molecule has 0 bridgehead atoms. The zero-order valence-corrected chi connectivity index (χ0v) is 11.2. The Morgan fingerprint density at radius 3 is 2.76 bits per heavy atom. The van der Waals surface area contributed by atoms with Crippen LogP contribution in [0.15, 0.2) is 47.1 Å². The summed E-state index contributed by atoms with van der Waals surface area (Å²) in [4.78, 5) is 4.19. The zero-order valence-electron chi connectivity index (χ0n) is 9.60. The van der Waals surface area contributed by atoms with Crippen molar-refractivity contribution in [3.8, 4) is 0 Å². The van der Waals surface area contributed by atoms with Crippen molar-refractivity contribution in [1.82, 2.24) is 4.98 Å². The third kappa shape index (κ3) is 3.38. The van der Waals surface area contributed by atoms with Crippen LogP contribution in [0.3, 0.4) is 0 Å². The Balaban J connectivity index is 2.11. The van der Waals surface area contributed by atoms with Gasteiger partial charge in [0.15, 0.2) is 0 Å². The van der Waals surface area contributed by atoms with Gasteiger partial charge in [-0.25, -0.2) is 0 Å². The molecule has 0 aliphatic rings. The maximum atomic E-state index is 10.1. The van der Waals surface area contributed by atoms with E-state index in [1.807, 2.05) is 43.3 Å². The van der Waals surface area contributed by atoms with Gasteiger partial charge in [-0.3, -0.25) is 4.98 Å². The topological polar surface area (TPSA) is 33.1 Å². The van der Waals surface area contributed by atoms with Crippen LogP contribution in [0.5, 0.6) is 0 Å². The lowest BCUT2D eigenvalue weighted by molar-refractivity contribution is 0.178. The maximum absolute atomic E-state index is 10.1. The Bertz CT molecular complexity index is 496. The van der Waals surface area contributed by atoms with Gasteiger partial charge in [-0.2, -0.15) is 0 Å². The van der Waals surface area contributed by atoms with Gasteiger partial charge in [0.25, 0.3) is 0 Å². The number of rotatable bonds is 3. The van der Waals surface area contributed by atoms with Crippen LogP contribution in [0.2, 0.25) is 0 Å². The summed E-state index contributed by atoms with van der Waals surface area (Å²) in [5, 5.41) is 10.1. The van der Waals surface area contributed by atoms with Gasteiger partial charge < -0.3 is 5.11 Å². The van der Waals surface area contributed by atoms with Crippen LogP contribution in [-0.2, 0) is 6.42 Å². The van der Waals surface area contributed by atoms with E-state index in [-0.39, 0.29) is 0 Å². The highest BCUT2D eigenvalue weighted by Gasteiger charge is 2.08. The van der Waals surface area contributed by atoms with E-state index in [2.05, 4.69) is 20.9 Å². The van der Waals surface area contributed by atoms with Crippen LogP contribution in [-0.4, -0.2) is 10.1 Å². The van der Waals surface area contributed by atoms with Gasteiger partial charge in [-0.05, 0) is 36.2 Å². The molecule has 0 spiro atoms. The molecule has 1 unspecified atom stereocenters. The molecule has 17 heavy (non-hydrogen) atoms. The first kappa shape index (κ1) is 12.3.